The smallest absolute Gasteiger partial charge is 0.417 e. The number of aromatic nitrogens is 4. The molecule has 0 bridgehead atoms. The van der Waals surface area contributed by atoms with Gasteiger partial charge >= 0.3 is 6.18 Å². The van der Waals surface area contributed by atoms with Crippen LogP contribution in [0.4, 0.5) is 13.2 Å². The molecule has 1 aliphatic heterocycles. The molecule has 1 amide bonds. The zero-order valence-electron chi connectivity index (χ0n) is 17.9. The molecule has 0 spiro atoms. The average Bonchev–Trinajstić information content (AvgIpc) is 3.34. The SMILES string of the molecule is Cc1ccc(-n2cccn2)c(C(=O)N2CC3CC3CC2COc2ccc(C(F)(F)F)cn2)n1. The lowest BCUT2D eigenvalue weighted by Gasteiger charge is -2.35. The molecular weight excluding hydrogens is 435 g/mol. The van der Waals surface area contributed by atoms with E-state index in [1.165, 1.54) is 6.07 Å². The van der Waals surface area contributed by atoms with Gasteiger partial charge in [-0.3, -0.25) is 4.79 Å². The lowest BCUT2D eigenvalue weighted by atomic mass is 10.0. The molecule has 4 heterocycles. The number of pyridine rings is 2. The second-order valence-electron chi connectivity index (χ2n) is 8.57. The van der Waals surface area contributed by atoms with Crippen LogP contribution < -0.4 is 4.74 Å². The van der Waals surface area contributed by atoms with Crippen molar-refractivity contribution in [3.05, 3.63) is 65.9 Å². The van der Waals surface area contributed by atoms with E-state index in [4.69, 9.17) is 4.74 Å². The van der Waals surface area contributed by atoms with Gasteiger partial charge in [0.05, 0.1) is 17.3 Å². The summed E-state index contributed by atoms with van der Waals surface area (Å²) in [4.78, 5) is 23.7. The molecule has 1 saturated heterocycles. The van der Waals surface area contributed by atoms with Crippen molar-refractivity contribution in [3.63, 3.8) is 0 Å². The fourth-order valence-corrected chi connectivity index (χ4v) is 4.36. The Morgan fingerprint density at radius 3 is 2.73 bits per heavy atom. The van der Waals surface area contributed by atoms with Gasteiger partial charge in [0.2, 0.25) is 5.88 Å². The van der Waals surface area contributed by atoms with E-state index in [1.54, 1.807) is 28.0 Å². The van der Waals surface area contributed by atoms with Gasteiger partial charge < -0.3 is 9.64 Å². The number of fused-ring (bicyclic) bond motifs is 1. The number of likely N-dealkylation sites (tertiary alicyclic amines) is 1. The highest BCUT2D eigenvalue weighted by Gasteiger charge is 2.48. The predicted molar refractivity (Wildman–Crippen MR) is 112 cm³/mol. The molecule has 2 fully saturated rings. The Morgan fingerprint density at radius 2 is 2.03 bits per heavy atom. The van der Waals surface area contributed by atoms with Gasteiger partial charge in [-0.2, -0.15) is 18.3 Å². The van der Waals surface area contributed by atoms with Gasteiger partial charge in [0.25, 0.3) is 5.91 Å². The number of hydrogen-bond donors (Lipinski definition) is 0. The fourth-order valence-electron chi connectivity index (χ4n) is 4.36. The number of aryl methyl sites for hydroxylation is 1. The Bertz CT molecular complexity index is 1150. The van der Waals surface area contributed by atoms with Crippen LogP contribution in [0.2, 0.25) is 0 Å². The number of hydrogen-bond acceptors (Lipinski definition) is 5. The molecule has 5 rings (SSSR count). The van der Waals surface area contributed by atoms with E-state index in [2.05, 4.69) is 15.1 Å². The van der Waals surface area contributed by atoms with Crippen molar-refractivity contribution in [2.45, 2.75) is 32.0 Å². The van der Waals surface area contributed by atoms with Gasteiger partial charge in [-0.1, -0.05) is 0 Å². The highest BCUT2D eigenvalue weighted by molar-refractivity contribution is 5.96. The molecule has 0 radical (unpaired) electrons. The van der Waals surface area contributed by atoms with E-state index in [1.807, 2.05) is 19.1 Å². The van der Waals surface area contributed by atoms with Gasteiger partial charge in [0.15, 0.2) is 5.69 Å². The summed E-state index contributed by atoms with van der Waals surface area (Å²) in [5.41, 5.74) is 0.798. The summed E-state index contributed by atoms with van der Waals surface area (Å²) in [6, 6.07) is 7.35. The number of carbonyl (C=O) groups is 1. The summed E-state index contributed by atoms with van der Waals surface area (Å²) in [5, 5.41) is 4.24. The largest absolute Gasteiger partial charge is 0.475 e. The second kappa shape index (κ2) is 8.17. The minimum absolute atomic E-state index is 0.0965. The van der Waals surface area contributed by atoms with Crippen LogP contribution in [-0.2, 0) is 6.18 Å². The molecular formula is C23H22F3N5O2. The first-order chi connectivity index (χ1) is 15.8. The molecule has 3 aromatic heterocycles. The summed E-state index contributed by atoms with van der Waals surface area (Å²) in [6.45, 7) is 2.58. The zero-order chi connectivity index (χ0) is 23.2. The standard InChI is InChI=1S/C23H22F3N5O2/c1-14-3-5-19(31-8-2-7-28-31)21(29-14)22(32)30-12-16-9-15(16)10-18(30)13-33-20-6-4-17(11-27-20)23(24,25)26/h2-8,11,15-16,18H,9-10,12-13H2,1H3. The first-order valence-electron chi connectivity index (χ1n) is 10.7. The Morgan fingerprint density at radius 1 is 1.18 bits per heavy atom. The van der Waals surface area contributed by atoms with E-state index >= 15 is 0 Å². The predicted octanol–water partition coefficient (Wildman–Crippen LogP) is 3.92. The number of alkyl halides is 3. The number of amides is 1. The Balaban J connectivity index is 1.36. The topological polar surface area (TPSA) is 73.1 Å². The van der Waals surface area contributed by atoms with Gasteiger partial charge in [0, 0.05) is 36.9 Å². The van der Waals surface area contributed by atoms with Gasteiger partial charge in [-0.05, 0) is 55.9 Å². The third kappa shape index (κ3) is 4.42. The van der Waals surface area contributed by atoms with Crippen LogP contribution >= 0.6 is 0 Å². The monoisotopic (exact) mass is 457 g/mol. The third-order valence-corrected chi connectivity index (χ3v) is 6.23. The zero-order valence-corrected chi connectivity index (χ0v) is 17.9. The molecule has 0 N–H and O–H groups in total. The summed E-state index contributed by atoms with van der Waals surface area (Å²) in [7, 11) is 0. The Labute approximate surface area is 188 Å². The number of piperidine rings is 1. The van der Waals surface area contributed by atoms with Crippen LogP contribution in [0, 0.1) is 18.8 Å². The van der Waals surface area contributed by atoms with Crippen molar-refractivity contribution in [3.8, 4) is 11.6 Å². The van der Waals surface area contributed by atoms with Crippen molar-refractivity contribution in [2.24, 2.45) is 11.8 Å². The quantitative estimate of drug-likeness (QED) is 0.581. The number of halogens is 3. The summed E-state index contributed by atoms with van der Waals surface area (Å²) >= 11 is 0. The van der Waals surface area contributed by atoms with Gasteiger partial charge in [0.1, 0.15) is 6.61 Å². The summed E-state index contributed by atoms with van der Waals surface area (Å²) in [5.74, 6) is 0.898. The fraction of sp³-hybridized carbons (Fsp3) is 0.391. The molecule has 1 aliphatic carbocycles. The molecule has 7 nitrogen and oxygen atoms in total. The van der Waals surface area contributed by atoms with E-state index < -0.39 is 11.7 Å². The van der Waals surface area contributed by atoms with Crippen LogP contribution in [0.3, 0.4) is 0 Å². The molecule has 33 heavy (non-hydrogen) atoms. The normalized spacial score (nSPS) is 22.1. The van der Waals surface area contributed by atoms with E-state index in [-0.39, 0.29) is 24.4 Å². The van der Waals surface area contributed by atoms with Crippen molar-refractivity contribution >= 4 is 5.91 Å². The number of carbonyl (C=O) groups excluding carboxylic acids is 1. The van der Waals surface area contributed by atoms with E-state index in [9.17, 15) is 18.0 Å². The minimum atomic E-state index is -4.45. The van der Waals surface area contributed by atoms with Gasteiger partial charge in [-0.15, -0.1) is 0 Å². The molecule has 3 aromatic rings. The van der Waals surface area contributed by atoms with E-state index in [0.29, 0.717) is 29.8 Å². The molecule has 2 aliphatic rings. The second-order valence-corrected chi connectivity index (χ2v) is 8.57. The maximum atomic E-state index is 13.6. The van der Waals surface area contributed by atoms with Crippen LogP contribution in [-0.4, -0.2) is 49.7 Å². The Hall–Kier alpha value is -3.43. The molecule has 10 heteroatoms. The molecule has 3 atom stereocenters. The van der Waals surface area contributed by atoms with Crippen molar-refractivity contribution < 1.29 is 22.7 Å². The van der Waals surface area contributed by atoms with Gasteiger partial charge in [-0.25, -0.2) is 14.6 Å². The van der Waals surface area contributed by atoms with Crippen molar-refractivity contribution in [1.29, 1.82) is 0 Å². The summed E-state index contributed by atoms with van der Waals surface area (Å²) < 4.78 is 45.6. The maximum absolute atomic E-state index is 13.6. The number of ether oxygens (including phenoxy) is 1. The molecule has 0 aromatic carbocycles. The van der Waals surface area contributed by atoms with Crippen LogP contribution in [0.25, 0.3) is 5.69 Å². The Kier molecular flexibility index (Phi) is 5.30. The molecule has 3 unspecified atom stereocenters. The van der Waals surface area contributed by atoms with Crippen LogP contribution in [0.5, 0.6) is 5.88 Å². The van der Waals surface area contributed by atoms with Crippen LogP contribution in [0.1, 0.15) is 34.6 Å². The highest BCUT2D eigenvalue weighted by atomic mass is 19.4. The lowest BCUT2D eigenvalue weighted by Crippen LogP contribution is -2.48. The highest BCUT2D eigenvalue weighted by Crippen LogP contribution is 2.47. The van der Waals surface area contributed by atoms with Crippen molar-refractivity contribution in [2.75, 3.05) is 13.2 Å². The van der Waals surface area contributed by atoms with Crippen LogP contribution in [0.15, 0.2) is 48.9 Å². The first kappa shape index (κ1) is 21.4. The average molecular weight is 457 g/mol. The number of rotatable bonds is 5. The summed E-state index contributed by atoms with van der Waals surface area (Å²) in [6.07, 6.45) is 1.53. The molecule has 172 valence electrons. The number of nitrogens with zero attached hydrogens (tertiary/aromatic N) is 5. The molecule has 1 saturated carbocycles. The van der Waals surface area contributed by atoms with Crippen molar-refractivity contribution in [1.82, 2.24) is 24.6 Å². The lowest BCUT2D eigenvalue weighted by molar-refractivity contribution is -0.137. The third-order valence-electron chi connectivity index (χ3n) is 6.23. The van der Waals surface area contributed by atoms with E-state index in [0.717, 1.165) is 30.8 Å². The minimum Gasteiger partial charge on any atom is -0.475 e. The maximum Gasteiger partial charge on any atom is 0.417 e. The first-order valence-corrected chi connectivity index (χ1v) is 10.7.